The van der Waals surface area contributed by atoms with E-state index < -0.39 is 0 Å². The summed E-state index contributed by atoms with van der Waals surface area (Å²) in [6, 6.07) is 19.8. The molecule has 206 valence electrons. The van der Waals surface area contributed by atoms with Crippen LogP contribution in [0, 0.1) is 12.7 Å². The smallest absolute Gasteiger partial charge is 0.240 e. The summed E-state index contributed by atoms with van der Waals surface area (Å²) in [5, 5.41) is 7.73. The molecule has 1 unspecified atom stereocenters. The van der Waals surface area contributed by atoms with Crippen molar-refractivity contribution in [3.8, 4) is 5.69 Å². The van der Waals surface area contributed by atoms with Gasteiger partial charge in [-0.2, -0.15) is 5.10 Å². The number of thioether (sulfide) groups is 1. The highest BCUT2D eigenvalue weighted by Crippen LogP contribution is 2.48. The summed E-state index contributed by atoms with van der Waals surface area (Å²) >= 11 is 1.53. The zero-order chi connectivity index (χ0) is 28.4. The SMILES string of the molecule is Cc1cccc(C2SCC(=O)N(CC(=O)NCc3ccccn3)c3c2c(C(C)(C)C)nn3-c2ccc(F)cc2)c1. The number of benzene rings is 2. The van der Waals surface area contributed by atoms with Crippen molar-refractivity contribution >= 4 is 29.4 Å². The van der Waals surface area contributed by atoms with E-state index in [1.165, 1.54) is 28.8 Å². The van der Waals surface area contributed by atoms with Crippen LogP contribution >= 0.6 is 11.8 Å². The number of nitrogens with one attached hydrogen (secondary N) is 1. The lowest BCUT2D eigenvalue weighted by Crippen LogP contribution is -2.42. The monoisotopic (exact) mass is 557 g/mol. The Hall–Kier alpha value is -3.98. The van der Waals surface area contributed by atoms with Gasteiger partial charge in [0.2, 0.25) is 11.8 Å². The molecular weight excluding hydrogens is 525 g/mol. The van der Waals surface area contributed by atoms with Crippen LogP contribution in [-0.4, -0.2) is 38.9 Å². The topological polar surface area (TPSA) is 80.1 Å². The first-order chi connectivity index (χ1) is 19.1. The maximum absolute atomic E-state index is 13.9. The van der Waals surface area contributed by atoms with Crippen molar-refractivity contribution in [3.63, 3.8) is 0 Å². The van der Waals surface area contributed by atoms with Crippen molar-refractivity contribution < 1.29 is 14.0 Å². The van der Waals surface area contributed by atoms with Gasteiger partial charge in [0.25, 0.3) is 0 Å². The highest BCUT2D eigenvalue weighted by atomic mass is 32.2. The zero-order valence-corrected chi connectivity index (χ0v) is 23.8. The number of carbonyl (C=O) groups excluding carboxylic acids is 2. The Kier molecular flexibility index (Phi) is 7.76. The molecule has 0 saturated heterocycles. The first-order valence-corrected chi connectivity index (χ1v) is 14.2. The number of hydrogen-bond acceptors (Lipinski definition) is 5. The summed E-state index contributed by atoms with van der Waals surface area (Å²) in [5.74, 6) is -0.154. The molecule has 0 bridgehead atoms. The third-order valence-electron chi connectivity index (χ3n) is 6.71. The average Bonchev–Trinajstić information content (AvgIpc) is 3.26. The van der Waals surface area contributed by atoms with Crippen LogP contribution < -0.4 is 10.2 Å². The van der Waals surface area contributed by atoms with E-state index in [-0.39, 0.29) is 47.1 Å². The van der Waals surface area contributed by atoms with Crippen LogP contribution in [0.25, 0.3) is 5.69 Å². The van der Waals surface area contributed by atoms with Crippen LogP contribution in [-0.2, 0) is 21.5 Å². The fourth-order valence-electron chi connectivity index (χ4n) is 4.82. The molecule has 7 nitrogen and oxygen atoms in total. The molecule has 2 aromatic heterocycles. The number of aryl methyl sites for hydroxylation is 1. The van der Waals surface area contributed by atoms with Gasteiger partial charge in [-0.25, -0.2) is 9.07 Å². The number of carbonyl (C=O) groups is 2. The largest absolute Gasteiger partial charge is 0.349 e. The fraction of sp³-hybridized carbons (Fsp3) is 0.290. The molecule has 0 aliphatic carbocycles. The maximum atomic E-state index is 13.9. The molecule has 2 amide bonds. The van der Waals surface area contributed by atoms with E-state index >= 15 is 0 Å². The van der Waals surface area contributed by atoms with Crippen LogP contribution in [0.3, 0.4) is 0 Å². The second kappa shape index (κ2) is 11.3. The molecule has 9 heteroatoms. The van der Waals surface area contributed by atoms with E-state index in [9.17, 15) is 14.0 Å². The number of aromatic nitrogens is 3. The van der Waals surface area contributed by atoms with Crippen molar-refractivity contribution in [1.82, 2.24) is 20.1 Å². The number of amides is 2. The van der Waals surface area contributed by atoms with Crippen molar-refractivity contribution in [2.24, 2.45) is 0 Å². The molecule has 2 aromatic carbocycles. The first kappa shape index (κ1) is 27.6. The van der Waals surface area contributed by atoms with E-state index in [2.05, 4.69) is 43.2 Å². The van der Waals surface area contributed by atoms with Crippen molar-refractivity contribution in [2.75, 3.05) is 17.2 Å². The summed E-state index contributed by atoms with van der Waals surface area (Å²) in [7, 11) is 0. The number of rotatable bonds is 6. The molecule has 0 spiro atoms. The number of fused-ring (bicyclic) bond motifs is 1. The number of anilines is 1. The molecule has 0 radical (unpaired) electrons. The highest BCUT2D eigenvalue weighted by Gasteiger charge is 2.40. The Morgan fingerprint density at radius 2 is 1.88 bits per heavy atom. The third kappa shape index (κ3) is 5.79. The van der Waals surface area contributed by atoms with E-state index in [1.807, 2.05) is 37.3 Å². The Morgan fingerprint density at radius 3 is 2.55 bits per heavy atom. The lowest BCUT2D eigenvalue weighted by molar-refractivity contribution is -0.123. The van der Waals surface area contributed by atoms with E-state index in [1.54, 1.807) is 23.0 Å². The molecular formula is C31H32FN5O2S. The van der Waals surface area contributed by atoms with Crippen molar-refractivity contribution in [3.05, 3.63) is 107 Å². The van der Waals surface area contributed by atoms with Crippen LogP contribution in [0.5, 0.6) is 0 Å². The average molecular weight is 558 g/mol. The van der Waals surface area contributed by atoms with Gasteiger partial charge in [0.1, 0.15) is 18.2 Å². The molecule has 1 atom stereocenters. The minimum Gasteiger partial charge on any atom is -0.349 e. The second-order valence-corrected chi connectivity index (χ2v) is 12.0. The van der Waals surface area contributed by atoms with Crippen LogP contribution in [0.2, 0.25) is 0 Å². The molecule has 0 saturated carbocycles. The zero-order valence-electron chi connectivity index (χ0n) is 23.0. The number of halogens is 1. The quantitative estimate of drug-likeness (QED) is 0.339. The molecule has 4 aromatic rings. The Morgan fingerprint density at radius 1 is 1.10 bits per heavy atom. The summed E-state index contributed by atoms with van der Waals surface area (Å²) in [6.45, 7) is 8.36. The normalized spacial score (nSPS) is 15.5. The van der Waals surface area contributed by atoms with E-state index in [0.29, 0.717) is 11.5 Å². The van der Waals surface area contributed by atoms with Gasteiger partial charge in [0, 0.05) is 17.2 Å². The number of hydrogen-bond donors (Lipinski definition) is 1. The minimum absolute atomic E-state index is 0.184. The molecule has 5 rings (SSSR count). The third-order valence-corrected chi connectivity index (χ3v) is 7.96. The minimum atomic E-state index is -0.377. The lowest BCUT2D eigenvalue weighted by atomic mass is 9.87. The van der Waals surface area contributed by atoms with Gasteiger partial charge in [0.15, 0.2) is 0 Å². The van der Waals surface area contributed by atoms with Gasteiger partial charge in [-0.1, -0.05) is 56.7 Å². The van der Waals surface area contributed by atoms with Gasteiger partial charge in [-0.15, -0.1) is 11.8 Å². The van der Waals surface area contributed by atoms with Crippen LogP contribution in [0.15, 0.2) is 72.9 Å². The molecule has 1 aliphatic rings. The van der Waals surface area contributed by atoms with Crippen molar-refractivity contribution in [1.29, 1.82) is 0 Å². The van der Waals surface area contributed by atoms with Crippen LogP contribution in [0.4, 0.5) is 10.2 Å². The highest BCUT2D eigenvalue weighted by molar-refractivity contribution is 8.00. The second-order valence-electron chi connectivity index (χ2n) is 10.9. The van der Waals surface area contributed by atoms with E-state index in [4.69, 9.17) is 5.10 Å². The predicted octanol–water partition coefficient (Wildman–Crippen LogP) is 5.50. The van der Waals surface area contributed by atoms with E-state index in [0.717, 1.165) is 28.1 Å². The summed E-state index contributed by atoms with van der Waals surface area (Å²) in [4.78, 5) is 32.8. The summed E-state index contributed by atoms with van der Waals surface area (Å²) < 4.78 is 15.6. The summed E-state index contributed by atoms with van der Waals surface area (Å²) in [6.07, 6.45) is 1.67. The predicted molar refractivity (Wildman–Crippen MR) is 156 cm³/mol. The fourth-order valence-corrected chi connectivity index (χ4v) is 6.01. The molecule has 40 heavy (non-hydrogen) atoms. The van der Waals surface area contributed by atoms with Crippen LogP contribution in [0.1, 0.15) is 54.1 Å². The number of nitrogens with zero attached hydrogens (tertiary/aromatic N) is 4. The first-order valence-electron chi connectivity index (χ1n) is 13.2. The standard InChI is InChI=1S/C31H32FN5O2S/c1-20-8-7-9-21(16-20)28-27-29(31(2,3)4)35-37(24-13-11-22(32)12-14-24)30(27)36(26(39)19-40-28)18-25(38)34-17-23-10-5-6-15-33-23/h5-16,28H,17-19H2,1-4H3,(H,34,38). The Labute approximate surface area is 237 Å². The van der Waals surface area contributed by atoms with Crippen molar-refractivity contribution in [2.45, 2.75) is 44.9 Å². The van der Waals surface area contributed by atoms with Gasteiger partial charge >= 0.3 is 0 Å². The number of pyridine rings is 1. The molecule has 1 N–H and O–H groups in total. The molecule has 0 fully saturated rings. The lowest BCUT2D eigenvalue weighted by Gasteiger charge is -2.24. The Bertz CT molecular complexity index is 1530. The maximum Gasteiger partial charge on any atom is 0.240 e. The van der Waals surface area contributed by atoms with Gasteiger partial charge in [0.05, 0.1) is 34.6 Å². The molecule has 3 heterocycles. The summed E-state index contributed by atoms with van der Waals surface area (Å²) in [5.41, 5.74) is 4.83. The van der Waals surface area contributed by atoms with Gasteiger partial charge in [-0.05, 0) is 48.9 Å². The van der Waals surface area contributed by atoms with Gasteiger partial charge < -0.3 is 5.32 Å². The van der Waals surface area contributed by atoms with Gasteiger partial charge in [-0.3, -0.25) is 19.5 Å². The Balaban J connectivity index is 1.65. The molecule has 1 aliphatic heterocycles.